The van der Waals surface area contributed by atoms with Crippen LogP contribution in [0.25, 0.3) is 10.4 Å². The summed E-state index contributed by atoms with van der Waals surface area (Å²) in [4.78, 5) is 5.54. The number of nitrogens with two attached hydrogens (primary N) is 1. The lowest BCUT2D eigenvalue weighted by Crippen LogP contribution is -2.00. The number of thiazole rings is 1. The Labute approximate surface area is 110 Å². The lowest BCUT2D eigenvalue weighted by Gasteiger charge is -1.96. The number of phenols is 1. The van der Waals surface area contributed by atoms with Crippen LogP contribution in [0.3, 0.4) is 0 Å². The van der Waals surface area contributed by atoms with Crippen molar-refractivity contribution in [1.82, 2.24) is 4.98 Å². The quantitative estimate of drug-likeness (QED) is 0.880. The van der Waals surface area contributed by atoms with Crippen LogP contribution in [0.1, 0.15) is 17.3 Å². The molecule has 0 radical (unpaired) electrons. The molecule has 0 aliphatic heterocycles. The van der Waals surface area contributed by atoms with E-state index < -0.39 is 0 Å². The molecule has 3 N–H and O–H groups in total. The highest BCUT2D eigenvalue weighted by atomic mass is 35.5. The molecule has 0 saturated heterocycles. The standard InChI is InChI=1S/C12H12N2OS.ClH/c13-10-5-9(10)12-14-6-11(16-12)7-1-3-8(15)4-2-7;/h1-4,6,9-10,15H,5,13H2;1H/t9-,10-;/m0./s1. The van der Waals surface area contributed by atoms with E-state index in [2.05, 4.69) is 4.98 Å². The lowest BCUT2D eigenvalue weighted by molar-refractivity contribution is 0.475. The minimum atomic E-state index is 0. The molecule has 1 aromatic heterocycles. The second-order valence-corrected chi connectivity index (χ2v) is 5.18. The van der Waals surface area contributed by atoms with Gasteiger partial charge >= 0.3 is 0 Å². The van der Waals surface area contributed by atoms with Gasteiger partial charge in [0.05, 0.1) is 9.88 Å². The molecule has 1 aliphatic rings. The van der Waals surface area contributed by atoms with Gasteiger partial charge in [0.1, 0.15) is 5.75 Å². The third-order valence-electron chi connectivity index (χ3n) is 2.83. The van der Waals surface area contributed by atoms with Crippen LogP contribution in [0.4, 0.5) is 0 Å². The molecular formula is C12H13ClN2OS. The monoisotopic (exact) mass is 268 g/mol. The van der Waals surface area contributed by atoms with Crippen molar-refractivity contribution in [2.75, 3.05) is 0 Å². The third kappa shape index (κ3) is 2.44. The molecular weight excluding hydrogens is 256 g/mol. The first-order valence-corrected chi connectivity index (χ1v) is 6.06. The van der Waals surface area contributed by atoms with E-state index in [1.165, 1.54) is 0 Å². The van der Waals surface area contributed by atoms with Crippen LogP contribution >= 0.6 is 23.7 Å². The van der Waals surface area contributed by atoms with Gasteiger partial charge in [0.15, 0.2) is 0 Å². The molecule has 0 unspecified atom stereocenters. The number of hydrogen-bond acceptors (Lipinski definition) is 4. The topological polar surface area (TPSA) is 59.1 Å². The molecule has 3 nitrogen and oxygen atoms in total. The summed E-state index contributed by atoms with van der Waals surface area (Å²) < 4.78 is 0. The van der Waals surface area contributed by atoms with Gasteiger partial charge in [0.25, 0.3) is 0 Å². The molecule has 2 aromatic rings. The number of phenolic OH excluding ortho intramolecular Hbond substituents is 1. The fraction of sp³-hybridized carbons (Fsp3) is 0.250. The number of nitrogens with zero attached hydrogens (tertiary/aromatic N) is 1. The number of benzene rings is 1. The molecule has 3 rings (SSSR count). The Morgan fingerprint density at radius 1 is 1.29 bits per heavy atom. The second kappa shape index (κ2) is 4.64. The van der Waals surface area contributed by atoms with Gasteiger partial charge in [-0.25, -0.2) is 4.98 Å². The highest BCUT2D eigenvalue weighted by Crippen LogP contribution is 2.42. The predicted molar refractivity (Wildman–Crippen MR) is 71.8 cm³/mol. The lowest BCUT2D eigenvalue weighted by atomic mass is 10.2. The molecule has 0 bridgehead atoms. The molecule has 1 heterocycles. The van der Waals surface area contributed by atoms with Crippen LogP contribution < -0.4 is 5.73 Å². The zero-order chi connectivity index (χ0) is 11.1. The maximum absolute atomic E-state index is 9.21. The zero-order valence-corrected chi connectivity index (χ0v) is 10.7. The Morgan fingerprint density at radius 3 is 2.53 bits per heavy atom. The average Bonchev–Trinajstić information content (AvgIpc) is 2.82. The Kier molecular flexibility index (Phi) is 3.38. The van der Waals surface area contributed by atoms with E-state index in [-0.39, 0.29) is 18.2 Å². The van der Waals surface area contributed by atoms with Gasteiger partial charge in [-0.2, -0.15) is 0 Å². The number of hydrogen-bond donors (Lipinski definition) is 2. The fourth-order valence-electron chi connectivity index (χ4n) is 1.72. The van der Waals surface area contributed by atoms with Gasteiger partial charge in [-0.05, 0) is 36.2 Å². The summed E-state index contributed by atoms with van der Waals surface area (Å²) in [5.41, 5.74) is 6.89. The molecule has 5 heteroatoms. The van der Waals surface area contributed by atoms with Gasteiger partial charge in [-0.1, -0.05) is 0 Å². The third-order valence-corrected chi connectivity index (χ3v) is 4.01. The van der Waals surface area contributed by atoms with Crippen molar-refractivity contribution in [2.24, 2.45) is 5.73 Å². The predicted octanol–water partition coefficient (Wildman–Crippen LogP) is 2.75. The highest BCUT2D eigenvalue weighted by Gasteiger charge is 2.37. The molecule has 1 saturated carbocycles. The van der Waals surface area contributed by atoms with E-state index >= 15 is 0 Å². The zero-order valence-electron chi connectivity index (χ0n) is 9.04. The molecule has 17 heavy (non-hydrogen) atoms. The first kappa shape index (κ1) is 12.4. The molecule has 1 aromatic carbocycles. The van der Waals surface area contributed by atoms with E-state index in [4.69, 9.17) is 5.73 Å². The van der Waals surface area contributed by atoms with Crippen molar-refractivity contribution in [3.8, 4) is 16.2 Å². The minimum absolute atomic E-state index is 0. The van der Waals surface area contributed by atoms with Crippen molar-refractivity contribution in [1.29, 1.82) is 0 Å². The van der Waals surface area contributed by atoms with Crippen molar-refractivity contribution in [2.45, 2.75) is 18.4 Å². The molecule has 2 atom stereocenters. The van der Waals surface area contributed by atoms with E-state index in [9.17, 15) is 5.11 Å². The average molecular weight is 269 g/mol. The molecule has 1 fully saturated rings. The van der Waals surface area contributed by atoms with Crippen LogP contribution in [-0.2, 0) is 0 Å². The van der Waals surface area contributed by atoms with Crippen molar-refractivity contribution in [3.63, 3.8) is 0 Å². The summed E-state index contributed by atoms with van der Waals surface area (Å²) in [6.45, 7) is 0. The summed E-state index contributed by atoms with van der Waals surface area (Å²) in [5, 5.41) is 10.3. The van der Waals surface area contributed by atoms with Crippen LogP contribution in [0.2, 0.25) is 0 Å². The maximum Gasteiger partial charge on any atom is 0.115 e. The first-order valence-electron chi connectivity index (χ1n) is 5.25. The Hall–Kier alpha value is -1.10. The fourth-order valence-corrected chi connectivity index (χ4v) is 2.83. The van der Waals surface area contributed by atoms with E-state index in [0.717, 1.165) is 21.9 Å². The summed E-state index contributed by atoms with van der Waals surface area (Å²) in [5.74, 6) is 0.758. The highest BCUT2D eigenvalue weighted by molar-refractivity contribution is 7.15. The van der Waals surface area contributed by atoms with Crippen molar-refractivity contribution < 1.29 is 5.11 Å². The van der Waals surface area contributed by atoms with Gasteiger partial charge in [0.2, 0.25) is 0 Å². The first-order chi connectivity index (χ1) is 7.74. The van der Waals surface area contributed by atoms with Gasteiger partial charge < -0.3 is 10.8 Å². The largest absolute Gasteiger partial charge is 0.508 e. The van der Waals surface area contributed by atoms with Gasteiger partial charge in [-0.3, -0.25) is 0 Å². The summed E-state index contributed by atoms with van der Waals surface area (Å²) in [6, 6.07) is 7.49. The van der Waals surface area contributed by atoms with Gasteiger partial charge in [0, 0.05) is 18.2 Å². The minimum Gasteiger partial charge on any atom is -0.508 e. The van der Waals surface area contributed by atoms with E-state index in [1.54, 1.807) is 23.5 Å². The van der Waals surface area contributed by atoms with Crippen molar-refractivity contribution in [3.05, 3.63) is 35.5 Å². The second-order valence-electron chi connectivity index (χ2n) is 4.12. The summed E-state index contributed by atoms with van der Waals surface area (Å²) in [6.07, 6.45) is 2.94. The molecule has 90 valence electrons. The molecule has 0 amide bonds. The number of aromatic nitrogens is 1. The van der Waals surface area contributed by atoms with E-state index in [0.29, 0.717) is 12.0 Å². The Morgan fingerprint density at radius 2 is 1.94 bits per heavy atom. The van der Waals surface area contributed by atoms with Gasteiger partial charge in [-0.15, -0.1) is 23.7 Å². The van der Waals surface area contributed by atoms with Crippen LogP contribution in [-0.4, -0.2) is 16.1 Å². The molecule has 1 aliphatic carbocycles. The smallest absolute Gasteiger partial charge is 0.115 e. The van der Waals surface area contributed by atoms with Crippen LogP contribution in [0, 0.1) is 0 Å². The normalized spacial score (nSPS) is 21.9. The number of halogens is 1. The summed E-state index contributed by atoms with van der Waals surface area (Å²) in [7, 11) is 0. The number of rotatable bonds is 2. The maximum atomic E-state index is 9.21. The summed E-state index contributed by atoms with van der Waals surface area (Å²) >= 11 is 1.69. The SMILES string of the molecule is Cl.N[C@H]1C[C@@H]1c1ncc(-c2ccc(O)cc2)s1. The van der Waals surface area contributed by atoms with E-state index in [1.807, 2.05) is 18.3 Å². The number of aromatic hydroxyl groups is 1. The Bertz CT molecular complexity index is 511. The van der Waals surface area contributed by atoms with Crippen molar-refractivity contribution >= 4 is 23.7 Å². The van der Waals surface area contributed by atoms with Crippen LogP contribution in [0.5, 0.6) is 5.75 Å². The molecule has 0 spiro atoms. The Balaban J connectivity index is 0.00000108. The van der Waals surface area contributed by atoms with Crippen LogP contribution in [0.15, 0.2) is 30.5 Å².